The maximum absolute atomic E-state index is 12.5. The van der Waals surface area contributed by atoms with E-state index in [0.29, 0.717) is 12.1 Å². The Morgan fingerprint density at radius 3 is 2.71 bits per heavy atom. The van der Waals surface area contributed by atoms with E-state index in [1.54, 1.807) is 31.2 Å². The molecule has 2 rings (SSSR count). The first-order chi connectivity index (χ1) is 9.98. The van der Waals surface area contributed by atoms with E-state index >= 15 is 0 Å². The number of carbonyl (C=O) groups is 1. The predicted octanol–water partition coefficient (Wildman–Crippen LogP) is 1.62. The molecule has 1 atom stereocenters. The van der Waals surface area contributed by atoms with Gasteiger partial charge in [0.15, 0.2) is 9.84 Å². The minimum atomic E-state index is -3.33. The highest BCUT2D eigenvalue weighted by atomic mass is 32.2. The van der Waals surface area contributed by atoms with Gasteiger partial charge in [-0.05, 0) is 32.4 Å². The van der Waals surface area contributed by atoms with Crippen molar-refractivity contribution in [2.45, 2.75) is 37.1 Å². The normalized spacial score (nSPS) is 23.3. The molecule has 0 radical (unpaired) electrons. The molecule has 1 aliphatic rings. The summed E-state index contributed by atoms with van der Waals surface area (Å²) >= 11 is 0. The minimum Gasteiger partial charge on any atom is -0.464 e. The first-order valence-electron chi connectivity index (χ1n) is 7.22. The molecule has 0 aliphatic carbocycles. The van der Waals surface area contributed by atoms with Gasteiger partial charge in [0, 0.05) is 5.56 Å². The number of sulfone groups is 1. The Bertz CT molecular complexity index is 626. The third kappa shape index (κ3) is 2.82. The van der Waals surface area contributed by atoms with Gasteiger partial charge in [0.1, 0.15) is 5.54 Å². The number of ether oxygens (including phenoxy) is 1. The summed E-state index contributed by atoms with van der Waals surface area (Å²) in [5.74, 6) is -0.458. The van der Waals surface area contributed by atoms with Crippen LogP contribution in [0.15, 0.2) is 29.2 Å². The molecular weight excluding hydrogens is 290 g/mol. The summed E-state index contributed by atoms with van der Waals surface area (Å²) in [4.78, 5) is 12.7. The molecule has 1 N–H and O–H groups in total. The number of carbonyl (C=O) groups excluding carboxylic acids is 1. The van der Waals surface area contributed by atoms with E-state index in [1.807, 2.05) is 6.92 Å². The van der Waals surface area contributed by atoms with Crippen molar-refractivity contribution in [1.82, 2.24) is 5.32 Å². The van der Waals surface area contributed by atoms with Gasteiger partial charge < -0.3 is 4.74 Å². The Morgan fingerprint density at radius 1 is 1.33 bits per heavy atom. The number of fused-ring (bicyclic) bond motifs is 1. The lowest BCUT2D eigenvalue weighted by atomic mass is 9.86. The lowest BCUT2D eigenvalue weighted by molar-refractivity contribution is -0.152. The topological polar surface area (TPSA) is 72.5 Å². The molecule has 0 amide bonds. The van der Waals surface area contributed by atoms with Gasteiger partial charge in [0.2, 0.25) is 0 Å². The van der Waals surface area contributed by atoms with E-state index < -0.39 is 21.3 Å². The molecule has 0 fully saturated rings. The Balaban J connectivity index is 2.58. The van der Waals surface area contributed by atoms with Crippen LogP contribution in [0.5, 0.6) is 0 Å². The highest BCUT2D eigenvalue weighted by Crippen LogP contribution is 2.38. The van der Waals surface area contributed by atoms with Crippen molar-refractivity contribution >= 4 is 15.8 Å². The first kappa shape index (κ1) is 16.0. The zero-order chi connectivity index (χ0) is 15.5. The molecule has 1 unspecified atom stereocenters. The summed E-state index contributed by atoms with van der Waals surface area (Å²) in [5.41, 5.74) is -0.559. The largest absolute Gasteiger partial charge is 0.464 e. The van der Waals surface area contributed by atoms with Crippen LogP contribution in [0.3, 0.4) is 0 Å². The van der Waals surface area contributed by atoms with E-state index in [-0.39, 0.29) is 23.7 Å². The third-order valence-electron chi connectivity index (χ3n) is 3.73. The average Bonchev–Trinajstić information content (AvgIpc) is 2.47. The lowest BCUT2D eigenvalue weighted by Crippen LogP contribution is -2.54. The van der Waals surface area contributed by atoms with Gasteiger partial charge in [0.25, 0.3) is 0 Å². The second kappa shape index (κ2) is 6.15. The Labute approximate surface area is 125 Å². The van der Waals surface area contributed by atoms with Gasteiger partial charge in [0.05, 0.1) is 17.3 Å². The standard InChI is InChI=1S/C15H21NO4S/c1-3-10-16-15(14(17)20-4-2)9-11-21(18,19)13-8-6-5-7-12(13)15/h5-8,16H,3-4,9-11H2,1-2H3. The lowest BCUT2D eigenvalue weighted by Gasteiger charge is -2.37. The molecular formula is C15H21NO4S. The Hall–Kier alpha value is -1.40. The van der Waals surface area contributed by atoms with Crippen LogP contribution in [0.4, 0.5) is 0 Å². The summed E-state index contributed by atoms with van der Waals surface area (Å²) in [6, 6.07) is 6.69. The number of hydrogen-bond acceptors (Lipinski definition) is 5. The van der Waals surface area contributed by atoms with Crippen LogP contribution in [-0.4, -0.2) is 33.3 Å². The molecule has 0 spiro atoms. The molecule has 0 saturated carbocycles. The molecule has 0 bridgehead atoms. The fraction of sp³-hybridized carbons (Fsp3) is 0.533. The zero-order valence-corrected chi connectivity index (χ0v) is 13.2. The fourth-order valence-electron chi connectivity index (χ4n) is 2.68. The van der Waals surface area contributed by atoms with E-state index in [2.05, 4.69) is 5.32 Å². The van der Waals surface area contributed by atoms with E-state index in [1.165, 1.54) is 0 Å². The predicted molar refractivity (Wildman–Crippen MR) is 79.7 cm³/mol. The maximum Gasteiger partial charge on any atom is 0.331 e. The van der Waals surface area contributed by atoms with Crippen molar-refractivity contribution in [3.8, 4) is 0 Å². The number of hydrogen-bond donors (Lipinski definition) is 1. The first-order valence-corrected chi connectivity index (χ1v) is 8.87. The SMILES string of the molecule is CCCNC1(C(=O)OCC)CCS(=O)(=O)c2ccccc21. The summed E-state index contributed by atoms with van der Waals surface area (Å²) in [7, 11) is -3.33. The van der Waals surface area contributed by atoms with Crippen LogP contribution in [0, 0.1) is 0 Å². The van der Waals surface area contributed by atoms with Crippen molar-refractivity contribution in [3.05, 3.63) is 29.8 Å². The second-order valence-corrected chi connectivity index (χ2v) is 7.20. The van der Waals surface area contributed by atoms with Crippen LogP contribution >= 0.6 is 0 Å². The molecule has 1 aliphatic heterocycles. The highest BCUT2D eigenvalue weighted by molar-refractivity contribution is 7.91. The average molecular weight is 311 g/mol. The molecule has 5 nitrogen and oxygen atoms in total. The molecule has 1 aromatic rings. The van der Waals surface area contributed by atoms with E-state index in [9.17, 15) is 13.2 Å². The van der Waals surface area contributed by atoms with Gasteiger partial charge in [-0.2, -0.15) is 0 Å². The van der Waals surface area contributed by atoms with Crippen LogP contribution < -0.4 is 5.32 Å². The Morgan fingerprint density at radius 2 is 2.05 bits per heavy atom. The molecule has 0 saturated heterocycles. The third-order valence-corrected chi connectivity index (χ3v) is 5.50. The molecule has 116 valence electrons. The van der Waals surface area contributed by atoms with Gasteiger partial charge in [-0.3, -0.25) is 5.32 Å². The highest BCUT2D eigenvalue weighted by Gasteiger charge is 2.48. The molecule has 6 heteroatoms. The summed E-state index contributed by atoms with van der Waals surface area (Å²) < 4.78 is 29.7. The van der Waals surface area contributed by atoms with Gasteiger partial charge in [-0.25, -0.2) is 13.2 Å². The summed E-state index contributed by atoms with van der Waals surface area (Å²) in [6.07, 6.45) is 1.04. The number of esters is 1. The van der Waals surface area contributed by atoms with Crippen molar-refractivity contribution in [2.75, 3.05) is 18.9 Å². The van der Waals surface area contributed by atoms with Gasteiger partial charge in [-0.1, -0.05) is 25.1 Å². The van der Waals surface area contributed by atoms with Crippen molar-refractivity contribution < 1.29 is 17.9 Å². The number of benzene rings is 1. The second-order valence-electron chi connectivity index (χ2n) is 5.12. The molecule has 0 aromatic heterocycles. The summed E-state index contributed by atoms with van der Waals surface area (Å²) in [5, 5.41) is 3.22. The van der Waals surface area contributed by atoms with Crippen LogP contribution in [0.25, 0.3) is 0 Å². The van der Waals surface area contributed by atoms with Gasteiger partial charge in [-0.15, -0.1) is 0 Å². The van der Waals surface area contributed by atoms with Gasteiger partial charge >= 0.3 is 5.97 Å². The number of rotatable bonds is 5. The molecule has 1 aromatic carbocycles. The zero-order valence-electron chi connectivity index (χ0n) is 12.4. The quantitative estimate of drug-likeness (QED) is 0.837. The van der Waals surface area contributed by atoms with Crippen LogP contribution in [0.2, 0.25) is 0 Å². The van der Waals surface area contributed by atoms with E-state index in [4.69, 9.17) is 4.74 Å². The van der Waals surface area contributed by atoms with E-state index in [0.717, 1.165) is 6.42 Å². The minimum absolute atomic E-state index is 0.0560. The Kier molecular flexibility index (Phi) is 4.68. The monoisotopic (exact) mass is 311 g/mol. The molecule has 21 heavy (non-hydrogen) atoms. The van der Waals surface area contributed by atoms with Crippen LogP contribution in [0.1, 0.15) is 32.3 Å². The van der Waals surface area contributed by atoms with Crippen molar-refractivity contribution in [3.63, 3.8) is 0 Å². The van der Waals surface area contributed by atoms with Crippen LogP contribution in [-0.2, 0) is 24.9 Å². The maximum atomic E-state index is 12.5. The van der Waals surface area contributed by atoms with Crippen molar-refractivity contribution in [1.29, 1.82) is 0 Å². The molecule has 1 heterocycles. The summed E-state index contributed by atoms with van der Waals surface area (Å²) in [6.45, 7) is 4.63. The van der Waals surface area contributed by atoms with Crippen molar-refractivity contribution in [2.24, 2.45) is 0 Å². The smallest absolute Gasteiger partial charge is 0.331 e. The fourth-order valence-corrected chi connectivity index (χ4v) is 4.34. The number of nitrogens with one attached hydrogen (secondary N) is 1.